The Morgan fingerprint density at radius 1 is 1.12 bits per heavy atom. The predicted octanol–water partition coefficient (Wildman–Crippen LogP) is 2.79. The van der Waals surface area contributed by atoms with E-state index in [9.17, 15) is 0 Å². The summed E-state index contributed by atoms with van der Waals surface area (Å²) in [4.78, 5) is 0. The first kappa shape index (κ1) is 10.4. The molecular formula is C14H17N3. The van der Waals surface area contributed by atoms with Crippen molar-refractivity contribution >= 4 is 5.82 Å². The molecule has 0 amide bonds. The van der Waals surface area contributed by atoms with Crippen LogP contribution in [0.2, 0.25) is 0 Å². The molecule has 0 saturated heterocycles. The number of nitrogens with one attached hydrogen (secondary N) is 1. The molecule has 17 heavy (non-hydrogen) atoms. The lowest BCUT2D eigenvalue weighted by atomic mass is 9.97. The fourth-order valence-corrected chi connectivity index (χ4v) is 2.57. The number of fused-ring (bicyclic) bond motifs is 1. The predicted molar refractivity (Wildman–Crippen MR) is 69.8 cm³/mol. The molecule has 1 aromatic carbocycles. The second-order valence-corrected chi connectivity index (χ2v) is 4.48. The molecule has 2 aromatic rings. The summed E-state index contributed by atoms with van der Waals surface area (Å²) in [7, 11) is 1.98. The van der Waals surface area contributed by atoms with Gasteiger partial charge in [0, 0.05) is 12.6 Å². The van der Waals surface area contributed by atoms with E-state index >= 15 is 0 Å². The molecule has 0 saturated carbocycles. The molecule has 0 radical (unpaired) electrons. The van der Waals surface area contributed by atoms with Crippen molar-refractivity contribution < 1.29 is 0 Å². The highest BCUT2D eigenvalue weighted by Crippen LogP contribution is 2.29. The van der Waals surface area contributed by atoms with Crippen LogP contribution in [0.3, 0.4) is 0 Å². The van der Waals surface area contributed by atoms with Gasteiger partial charge in [-0.25, -0.2) is 4.68 Å². The Morgan fingerprint density at radius 3 is 2.65 bits per heavy atom. The topological polar surface area (TPSA) is 29.9 Å². The standard InChI is InChI=1S/C14H17N3/c1-15-14-12-9-5-6-10-13(12)16-17(14)11-7-3-2-4-8-11/h2-4,7-8,15H,5-6,9-10H2,1H3. The van der Waals surface area contributed by atoms with E-state index < -0.39 is 0 Å². The van der Waals surface area contributed by atoms with Crippen molar-refractivity contribution in [2.24, 2.45) is 0 Å². The Kier molecular flexibility index (Phi) is 2.59. The van der Waals surface area contributed by atoms with Crippen molar-refractivity contribution in [1.82, 2.24) is 9.78 Å². The molecule has 0 aliphatic heterocycles. The summed E-state index contributed by atoms with van der Waals surface area (Å²) >= 11 is 0. The number of hydrogen-bond donors (Lipinski definition) is 1. The number of anilines is 1. The van der Waals surface area contributed by atoms with Gasteiger partial charge in [0.15, 0.2) is 0 Å². The number of para-hydroxylation sites is 1. The van der Waals surface area contributed by atoms with Crippen LogP contribution in [0.5, 0.6) is 0 Å². The van der Waals surface area contributed by atoms with Crippen LogP contribution < -0.4 is 5.32 Å². The fraction of sp³-hybridized carbons (Fsp3) is 0.357. The minimum absolute atomic E-state index is 1.11. The average molecular weight is 227 g/mol. The molecule has 1 aromatic heterocycles. The van der Waals surface area contributed by atoms with Gasteiger partial charge < -0.3 is 5.32 Å². The van der Waals surface area contributed by atoms with Crippen LogP contribution in [0.1, 0.15) is 24.1 Å². The van der Waals surface area contributed by atoms with Crippen molar-refractivity contribution in [2.75, 3.05) is 12.4 Å². The number of nitrogens with zero attached hydrogens (tertiary/aromatic N) is 2. The lowest BCUT2D eigenvalue weighted by molar-refractivity contribution is 0.671. The van der Waals surface area contributed by atoms with Gasteiger partial charge in [-0.05, 0) is 37.8 Å². The monoisotopic (exact) mass is 227 g/mol. The van der Waals surface area contributed by atoms with Crippen molar-refractivity contribution in [3.05, 3.63) is 41.6 Å². The zero-order chi connectivity index (χ0) is 11.7. The number of aryl methyl sites for hydroxylation is 1. The summed E-state index contributed by atoms with van der Waals surface area (Å²) in [6, 6.07) is 10.3. The highest BCUT2D eigenvalue weighted by Gasteiger charge is 2.20. The number of hydrogen-bond acceptors (Lipinski definition) is 2. The van der Waals surface area contributed by atoms with Gasteiger partial charge in [0.1, 0.15) is 5.82 Å². The van der Waals surface area contributed by atoms with Gasteiger partial charge in [0.05, 0.1) is 11.4 Å². The average Bonchev–Trinajstić information content (AvgIpc) is 2.78. The normalized spacial score (nSPS) is 14.4. The van der Waals surface area contributed by atoms with Gasteiger partial charge in [-0.2, -0.15) is 5.10 Å². The first-order valence-electron chi connectivity index (χ1n) is 6.24. The van der Waals surface area contributed by atoms with Gasteiger partial charge in [-0.1, -0.05) is 18.2 Å². The zero-order valence-corrected chi connectivity index (χ0v) is 10.1. The van der Waals surface area contributed by atoms with Crippen LogP contribution in [-0.2, 0) is 12.8 Å². The summed E-state index contributed by atoms with van der Waals surface area (Å²) in [5.41, 5.74) is 3.80. The van der Waals surface area contributed by atoms with E-state index in [0.717, 1.165) is 24.3 Å². The minimum Gasteiger partial charge on any atom is -0.373 e. The Labute approximate surface area is 101 Å². The Bertz CT molecular complexity index is 514. The molecule has 1 heterocycles. The van der Waals surface area contributed by atoms with Gasteiger partial charge >= 0.3 is 0 Å². The molecule has 1 aliphatic carbocycles. The maximum Gasteiger partial charge on any atom is 0.133 e. The minimum atomic E-state index is 1.11. The summed E-state index contributed by atoms with van der Waals surface area (Å²) < 4.78 is 2.04. The van der Waals surface area contributed by atoms with Crippen molar-refractivity contribution in [3.8, 4) is 5.69 Å². The first-order chi connectivity index (χ1) is 8.40. The number of aromatic nitrogens is 2. The molecule has 0 fully saturated rings. The van der Waals surface area contributed by atoms with E-state index in [0.29, 0.717) is 0 Å². The maximum atomic E-state index is 4.75. The molecule has 3 rings (SSSR count). The van der Waals surface area contributed by atoms with Crippen LogP contribution in [-0.4, -0.2) is 16.8 Å². The quantitative estimate of drug-likeness (QED) is 0.855. The van der Waals surface area contributed by atoms with E-state index in [2.05, 4.69) is 29.6 Å². The molecule has 0 unspecified atom stereocenters. The van der Waals surface area contributed by atoms with E-state index in [1.165, 1.54) is 24.1 Å². The second-order valence-electron chi connectivity index (χ2n) is 4.48. The van der Waals surface area contributed by atoms with Gasteiger partial charge in [-0.3, -0.25) is 0 Å². The molecule has 0 bridgehead atoms. The Balaban J connectivity index is 2.14. The van der Waals surface area contributed by atoms with Crippen LogP contribution >= 0.6 is 0 Å². The van der Waals surface area contributed by atoms with Crippen molar-refractivity contribution in [2.45, 2.75) is 25.7 Å². The van der Waals surface area contributed by atoms with Crippen LogP contribution in [0.4, 0.5) is 5.82 Å². The van der Waals surface area contributed by atoms with Crippen molar-refractivity contribution in [1.29, 1.82) is 0 Å². The third-order valence-corrected chi connectivity index (χ3v) is 3.39. The largest absolute Gasteiger partial charge is 0.373 e. The summed E-state index contributed by atoms with van der Waals surface area (Å²) in [6.45, 7) is 0. The Hall–Kier alpha value is -1.77. The maximum absolute atomic E-state index is 4.75. The molecule has 1 N–H and O–H groups in total. The molecule has 88 valence electrons. The van der Waals surface area contributed by atoms with Crippen LogP contribution in [0, 0.1) is 0 Å². The van der Waals surface area contributed by atoms with E-state index in [4.69, 9.17) is 5.10 Å². The summed E-state index contributed by atoms with van der Waals surface area (Å²) in [5, 5.41) is 8.05. The fourth-order valence-electron chi connectivity index (χ4n) is 2.57. The molecule has 3 heteroatoms. The lowest BCUT2D eigenvalue weighted by Crippen LogP contribution is -2.04. The van der Waals surface area contributed by atoms with E-state index in [1.807, 2.05) is 17.8 Å². The molecule has 0 spiro atoms. The molecule has 1 aliphatic rings. The number of benzene rings is 1. The SMILES string of the molecule is CNc1c2c(nn1-c1ccccc1)CCCC2. The lowest BCUT2D eigenvalue weighted by Gasteiger charge is -2.11. The molecular weight excluding hydrogens is 210 g/mol. The van der Waals surface area contributed by atoms with Gasteiger partial charge in [-0.15, -0.1) is 0 Å². The summed E-state index contributed by atoms with van der Waals surface area (Å²) in [5.74, 6) is 1.16. The third kappa shape index (κ3) is 1.71. The van der Waals surface area contributed by atoms with E-state index in [-0.39, 0.29) is 0 Å². The van der Waals surface area contributed by atoms with E-state index in [1.54, 1.807) is 0 Å². The first-order valence-corrected chi connectivity index (χ1v) is 6.24. The number of rotatable bonds is 2. The smallest absolute Gasteiger partial charge is 0.133 e. The zero-order valence-electron chi connectivity index (χ0n) is 10.1. The van der Waals surface area contributed by atoms with Crippen LogP contribution in [0.15, 0.2) is 30.3 Å². The molecule has 3 nitrogen and oxygen atoms in total. The van der Waals surface area contributed by atoms with Crippen molar-refractivity contribution in [3.63, 3.8) is 0 Å². The van der Waals surface area contributed by atoms with Gasteiger partial charge in [0.2, 0.25) is 0 Å². The summed E-state index contributed by atoms with van der Waals surface area (Å²) in [6.07, 6.45) is 4.81. The Morgan fingerprint density at radius 2 is 1.88 bits per heavy atom. The molecule has 0 atom stereocenters. The van der Waals surface area contributed by atoms with Gasteiger partial charge in [0.25, 0.3) is 0 Å². The second kappa shape index (κ2) is 4.24. The third-order valence-electron chi connectivity index (χ3n) is 3.39. The highest BCUT2D eigenvalue weighted by molar-refractivity contribution is 5.53. The van der Waals surface area contributed by atoms with Crippen LogP contribution in [0.25, 0.3) is 5.69 Å². The highest BCUT2D eigenvalue weighted by atomic mass is 15.3.